The topological polar surface area (TPSA) is 96.5 Å². The minimum Gasteiger partial charge on any atom is -0.481 e. The van der Waals surface area contributed by atoms with E-state index in [0.717, 1.165) is 5.01 Å². The SMILES string of the molecule is CCC1(C(=O)O)CCCN(C(=O)c2csc(CCN)n2)C1. The Hall–Kier alpha value is -1.47. The number of rotatable bonds is 5. The van der Waals surface area contributed by atoms with Crippen LogP contribution in [-0.4, -0.2) is 46.5 Å². The van der Waals surface area contributed by atoms with Crippen molar-refractivity contribution in [3.8, 4) is 0 Å². The summed E-state index contributed by atoms with van der Waals surface area (Å²) in [6.07, 6.45) is 2.53. The molecule has 1 aliphatic rings. The zero-order valence-corrected chi connectivity index (χ0v) is 13.0. The van der Waals surface area contributed by atoms with Gasteiger partial charge in [-0.15, -0.1) is 11.3 Å². The summed E-state index contributed by atoms with van der Waals surface area (Å²) >= 11 is 1.42. The summed E-state index contributed by atoms with van der Waals surface area (Å²) in [5.41, 5.74) is 5.07. The van der Waals surface area contributed by atoms with Gasteiger partial charge in [0.25, 0.3) is 5.91 Å². The number of hydrogen-bond donors (Lipinski definition) is 2. The number of aromatic nitrogens is 1. The second kappa shape index (κ2) is 6.53. The van der Waals surface area contributed by atoms with Crippen molar-refractivity contribution in [3.63, 3.8) is 0 Å². The summed E-state index contributed by atoms with van der Waals surface area (Å²) < 4.78 is 0. The van der Waals surface area contributed by atoms with Crippen molar-refractivity contribution in [2.75, 3.05) is 19.6 Å². The lowest BCUT2D eigenvalue weighted by atomic mass is 9.77. The van der Waals surface area contributed by atoms with Gasteiger partial charge in [0.15, 0.2) is 0 Å². The molecule has 21 heavy (non-hydrogen) atoms. The smallest absolute Gasteiger partial charge is 0.311 e. The number of likely N-dealkylation sites (tertiary alicyclic amines) is 1. The van der Waals surface area contributed by atoms with Crippen LogP contribution in [0.3, 0.4) is 0 Å². The molecule has 3 N–H and O–H groups in total. The highest BCUT2D eigenvalue weighted by molar-refractivity contribution is 7.09. The number of thiazole rings is 1. The molecule has 0 aromatic carbocycles. The minimum absolute atomic E-state index is 0.173. The van der Waals surface area contributed by atoms with E-state index in [1.165, 1.54) is 11.3 Å². The van der Waals surface area contributed by atoms with Gasteiger partial charge in [-0.2, -0.15) is 0 Å². The number of carbonyl (C=O) groups is 2. The first-order valence-electron chi connectivity index (χ1n) is 7.19. The molecular weight excluding hydrogens is 290 g/mol. The van der Waals surface area contributed by atoms with Crippen LogP contribution >= 0.6 is 11.3 Å². The Morgan fingerprint density at radius 3 is 2.95 bits per heavy atom. The molecule has 1 saturated heterocycles. The van der Waals surface area contributed by atoms with Crippen molar-refractivity contribution in [3.05, 3.63) is 16.1 Å². The van der Waals surface area contributed by atoms with E-state index in [2.05, 4.69) is 4.98 Å². The third kappa shape index (κ3) is 3.24. The number of piperidine rings is 1. The van der Waals surface area contributed by atoms with Gasteiger partial charge in [-0.1, -0.05) is 6.92 Å². The third-order valence-corrected chi connectivity index (χ3v) is 5.03. The largest absolute Gasteiger partial charge is 0.481 e. The van der Waals surface area contributed by atoms with Gasteiger partial charge in [0.1, 0.15) is 5.69 Å². The predicted molar refractivity (Wildman–Crippen MR) is 80.4 cm³/mol. The molecule has 1 fully saturated rings. The van der Waals surface area contributed by atoms with Crippen LogP contribution in [0.2, 0.25) is 0 Å². The van der Waals surface area contributed by atoms with Crippen molar-refractivity contribution >= 4 is 23.2 Å². The molecule has 0 aliphatic carbocycles. The zero-order valence-electron chi connectivity index (χ0n) is 12.2. The van der Waals surface area contributed by atoms with Crippen LogP contribution in [0.5, 0.6) is 0 Å². The molecule has 1 atom stereocenters. The molecule has 0 bridgehead atoms. The number of nitrogens with two attached hydrogens (primary N) is 1. The fraction of sp³-hybridized carbons (Fsp3) is 0.643. The lowest BCUT2D eigenvalue weighted by Crippen LogP contribution is -2.49. The quantitative estimate of drug-likeness (QED) is 0.856. The van der Waals surface area contributed by atoms with Gasteiger partial charge >= 0.3 is 5.97 Å². The second-order valence-corrected chi connectivity index (χ2v) is 6.38. The Balaban J connectivity index is 2.13. The van der Waals surface area contributed by atoms with E-state index < -0.39 is 11.4 Å². The minimum atomic E-state index is -0.815. The monoisotopic (exact) mass is 311 g/mol. The third-order valence-electron chi connectivity index (χ3n) is 4.12. The Morgan fingerprint density at radius 1 is 1.57 bits per heavy atom. The first-order valence-corrected chi connectivity index (χ1v) is 8.07. The molecule has 1 aliphatic heterocycles. The first-order chi connectivity index (χ1) is 10.0. The van der Waals surface area contributed by atoms with Crippen molar-refractivity contribution in [2.24, 2.45) is 11.1 Å². The zero-order chi connectivity index (χ0) is 15.5. The van der Waals surface area contributed by atoms with Gasteiger partial charge in [0.2, 0.25) is 0 Å². The number of carbonyl (C=O) groups excluding carboxylic acids is 1. The number of nitrogens with zero attached hydrogens (tertiary/aromatic N) is 2. The van der Waals surface area contributed by atoms with Crippen molar-refractivity contribution in [1.82, 2.24) is 9.88 Å². The molecule has 1 unspecified atom stereocenters. The maximum atomic E-state index is 12.5. The summed E-state index contributed by atoms with van der Waals surface area (Å²) in [7, 11) is 0. The lowest BCUT2D eigenvalue weighted by molar-refractivity contribution is -0.152. The number of carboxylic acids is 1. The van der Waals surface area contributed by atoms with Gasteiger partial charge in [0.05, 0.1) is 10.4 Å². The summed E-state index contributed by atoms with van der Waals surface area (Å²) in [5.74, 6) is -0.988. The number of hydrogen-bond acceptors (Lipinski definition) is 5. The van der Waals surface area contributed by atoms with Crippen LogP contribution in [0.25, 0.3) is 0 Å². The molecule has 1 aromatic heterocycles. The number of carboxylic acid groups (broad SMARTS) is 1. The van der Waals surface area contributed by atoms with Crippen molar-refractivity contribution < 1.29 is 14.7 Å². The highest BCUT2D eigenvalue weighted by atomic mass is 32.1. The van der Waals surface area contributed by atoms with E-state index in [1.807, 2.05) is 6.92 Å². The lowest BCUT2D eigenvalue weighted by Gasteiger charge is -2.39. The summed E-state index contributed by atoms with van der Waals surface area (Å²) in [6, 6.07) is 0. The van der Waals surface area contributed by atoms with E-state index in [4.69, 9.17) is 5.73 Å². The van der Waals surface area contributed by atoms with Gasteiger partial charge < -0.3 is 15.7 Å². The standard InChI is InChI=1S/C14H21N3O3S/c1-2-14(13(19)20)5-3-7-17(9-14)12(18)10-8-21-11(16-10)4-6-15/h8H,2-7,9,15H2,1H3,(H,19,20). The van der Waals surface area contributed by atoms with Gasteiger partial charge in [0, 0.05) is 24.9 Å². The average molecular weight is 311 g/mol. The highest BCUT2D eigenvalue weighted by Gasteiger charge is 2.42. The molecule has 0 radical (unpaired) electrons. The molecule has 1 aromatic rings. The van der Waals surface area contributed by atoms with Crippen molar-refractivity contribution in [1.29, 1.82) is 0 Å². The molecular formula is C14H21N3O3S. The van der Waals surface area contributed by atoms with Gasteiger partial charge in [-0.3, -0.25) is 9.59 Å². The van der Waals surface area contributed by atoms with Crippen LogP contribution in [0.15, 0.2) is 5.38 Å². The van der Waals surface area contributed by atoms with Crippen LogP contribution in [0, 0.1) is 5.41 Å². The van der Waals surface area contributed by atoms with Crippen LogP contribution in [-0.2, 0) is 11.2 Å². The van der Waals surface area contributed by atoms with Crippen LogP contribution < -0.4 is 5.73 Å². The van der Waals surface area contributed by atoms with E-state index >= 15 is 0 Å². The Bertz CT molecular complexity index is 531. The first kappa shape index (κ1) is 15.9. The van der Waals surface area contributed by atoms with E-state index in [0.29, 0.717) is 44.5 Å². The fourth-order valence-electron chi connectivity index (χ4n) is 2.73. The second-order valence-electron chi connectivity index (χ2n) is 5.43. The van der Waals surface area contributed by atoms with E-state index in [9.17, 15) is 14.7 Å². The molecule has 6 nitrogen and oxygen atoms in total. The van der Waals surface area contributed by atoms with Gasteiger partial charge in [-0.05, 0) is 25.8 Å². The summed E-state index contributed by atoms with van der Waals surface area (Å²) in [4.78, 5) is 29.9. The van der Waals surface area contributed by atoms with Crippen LogP contribution in [0.4, 0.5) is 0 Å². The highest BCUT2D eigenvalue weighted by Crippen LogP contribution is 2.34. The average Bonchev–Trinajstić information content (AvgIpc) is 2.95. The Kier molecular flexibility index (Phi) is 4.95. The molecule has 116 valence electrons. The van der Waals surface area contributed by atoms with Crippen molar-refractivity contribution in [2.45, 2.75) is 32.6 Å². The Labute approximate surface area is 128 Å². The number of aliphatic carboxylic acids is 1. The predicted octanol–water partition coefficient (Wildman–Crippen LogP) is 1.36. The van der Waals surface area contributed by atoms with Gasteiger partial charge in [-0.25, -0.2) is 4.98 Å². The normalized spacial score (nSPS) is 22.3. The molecule has 0 saturated carbocycles. The van der Waals surface area contributed by atoms with E-state index in [1.54, 1.807) is 10.3 Å². The summed E-state index contributed by atoms with van der Waals surface area (Å²) in [6.45, 7) is 3.23. The van der Waals surface area contributed by atoms with Crippen LogP contribution in [0.1, 0.15) is 41.7 Å². The molecule has 7 heteroatoms. The maximum absolute atomic E-state index is 12.5. The summed E-state index contributed by atoms with van der Waals surface area (Å²) in [5, 5.41) is 12.0. The molecule has 0 spiro atoms. The molecule has 2 rings (SSSR count). The van der Waals surface area contributed by atoms with E-state index in [-0.39, 0.29) is 12.5 Å². The number of amides is 1. The Morgan fingerprint density at radius 2 is 2.33 bits per heavy atom. The molecule has 2 heterocycles. The maximum Gasteiger partial charge on any atom is 0.311 e. The molecule has 1 amide bonds. The fourth-order valence-corrected chi connectivity index (χ4v) is 3.52.